The van der Waals surface area contributed by atoms with Crippen molar-refractivity contribution in [2.45, 2.75) is 225 Å². The van der Waals surface area contributed by atoms with Crippen molar-refractivity contribution in [3.05, 3.63) is 36.5 Å². The molecule has 0 saturated heterocycles. The Morgan fingerprint density at radius 3 is 1.55 bits per heavy atom. The summed E-state index contributed by atoms with van der Waals surface area (Å²) >= 11 is 0. The first kappa shape index (κ1) is 49.1. The molecule has 0 radical (unpaired) electrons. The lowest BCUT2D eigenvalue weighted by atomic mass is 10.1. The summed E-state index contributed by atoms with van der Waals surface area (Å²) in [5.74, 6) is -0.144. The van der Waals surface area contributed by atoms with E-state index in [2.05, 4.69) is 43.5 Å². The van der Waals surface area contributed by atoms with Gasteiger partial charge in [-0.15, -0.1) is 0 Å². The maximum Gasteiger partial charge on any atom is 0.305 e. The quantitative estimate of drug-likeness (QED) is 0.0334. The minimum Gasteiger partial charge on any atom is -0.466 e. The lowest BCUT2D eigenvalue weighted by Crippen LogP contribution is -2.45. The fourth-order valence-corrected chi connectivity index (χ4v) is 6.23. The van der Waals surface area contributed by atoms with Crippen molar-refractivity contribution in [1.82, 2.24) is 5.32 Å². The third kappa shape index (κ3) is 37.6. The average Bonchev–Trinajstić information content (AvgIpc) is 3.13. The first-order valence-electron chi connectivity index (χ1n) is 21.8. The van der Waals surface area contributed by atoms with Gasteiger partial charge in [-0.25, -0.2) is 0 Å². The van der Waals surface area contributed by atoms with Crippen LogP contribution in [-0.4, -0.2) is 47.4 Å². The Hall–Kier alpha value is -1.92. The predicted octanol–water partition coefficient (Wildman–Crippen LogP) is 12.2. The first-order valence-corrected chi connectivity index (χ1v) is 21.8. The van der Waals surface area contributed by atoms with Crippen LogP contribution in [0.2, 0.25) is 0 Å². The number of nitrogens with one attached hydrogen (secondary N) is 1. The number of carbonyl (C=O) groups excluding carboxylic acids is 2. The number of hydrogen-bond donors (Lipinski definition) is 3. The number of esters is 1. The molecule has 6 nitrogen and oxygen atoms in total. The number of aliphatic hydroxyl groups excluding tert-OH is 2. The van der Waals surface area contributed by atoms with Gasteiger partial charge in [0.25, 0.3) is 0 Å². The van der Waals surface area contributed by atoms with Gasteiger partial charge < -0.3 is 20.3 Å². The van der Waals surface area contributed by atoms with E-state index in [-0.39, 0.29) is 18.5 Å². The minimum absolute atomic E-state index is 0.0434. The molecule has 3 N–H and O–H groups in total. The standard InChI is InChI=1S/C45H83NO5/c1-3-5-7-9-11-13-15-16-17-19-23-27-31-35-39-45(50)51-40-36-32-28-24-20-22-26-30-34-38-44(49)46-42(41-47)43(48)37-33-29-25-21-18-14-12-10-8-6-4-2/h9,11,15-16,33,37,42-43,47-48H,3-8,10,12-14,17-32,34-36,38-41H2,1-2H3,(H,46,49)/b11-9-,16-15-,37-33+. The van der Waals surface area contributed by atoms with Crippen LogP contribution in [0.25, 0.3) is 0 Å². The molecule has 0 bridgehead atoms. The van der Waals surface area contributed by atoms with Crippen LogP contribution in [0.4, 0.5) is 0 Å². The van der Waals surface area contributed by atoms with Crippen molar-refractivity contribution < 1.29 is 24.5 Å². The van der Waals surface area contributed by atoms with Crippen LogP contribution in [0.15, 0.2) is 36.5 Å². The zero-order chi connectivity index (χ0) is 37.3. The number of unbranched alkanes of at least 4 members (excludes halogenated alkanes) is 24. The molecule has 0 rings (SSSR count). The van der Waals surface area contributed by atoms with Gasteiger partial charge in [-0.2, -0.15) is 0 Å². The summed E-state index contributed by atoms with van der Waals surface area (Å²) in [6.07, 6.45) is 46.9. The smallest absolute Gasteiger partial charge is 0.305 e. The van der Waals surface area contributed by atoms with Gasteiger partial charge in [0.15, 0.2) is 0 Å². The molecule has 0 saturated carbocycles. The van der Waals surface area contributed by atoms with Crippen LogP contribution in [0.3, 0.4) is 0 Å². The number of hydrogen-bond acceptors (Lipinski definition) is 5. The van der Waals surface area contributed by atoms with Gasteiger partial charge in [0.2, 0.25) is 5.91 Å². The Morgan fingerprint density at radius 1 is 0.549 bits per heavy atom. The second-order valence-electron chi connectivity index (χ2n) is 14.7. The van der Waals surface area contributed by atoms with Crippen LogP contribution >= 0.6 is 0 Å². The number of carbonyl (C=O) groups is 2. The summed E-state index contributed by atoms with van der Waals surface area (Å²) in [6, 6.07) is -0.647. The topological polar surface area (TPSA) is 95.9 Å². The summed E-state index contributed by atoms with van der Waals surface area (Å²) in [5.41, 5.74) is 0. The van der Waals surface area contributed by atoms with Gasteiger partial charge >= 0.3 is 5.97 Å². The average molecular weight is 718 g/mol. The second-order valence-corrected chi connectivity index (χ2v) is 14.7. The monoisotopic (exact) mass is 718 g/mol. The van der Waals surface area contributed by atoms with Gasteiger partial charge in [-0.3, -0.25) is 9.59 Å². The van der Waals surface area contributed by atoms with Crippen LogP contribution < -0.4 is 5.32 Å². The fourth-order valence-electron chi connectivity index (χ4n) is 6.23. The Labute approximate surface area is 315 Å². The van der Waals surface area contributed by atoms with Crippen LogP contribution in [0, 0.1) is 0 Å². The number of aliphatic hydroxyl groups is 2. The van der Waals surface area contributed by atoms with Crippen molar-refractivity contribution in [3.63, 3.8) is 0 Å². The zero-order valence-corrected chi connectivity index (χ0v) is 33.6. The van der Waals surface area contributed by atoms with E-state index in [4.69, 9.17) is 4.74 Å². The van der Waals surface area contributed by atoms with Gasteiger partial charge in [0.1, 0.15) is 0 Å². The van der Waals surface area contributed by atoms with Crippen molar-refractivity contribution in [1.29, 1.82) is 0 Å². The zero-order valence-electron chi connectivity index (χ0n) is 33.6. The van der Waals surface area contributed by atoms with Crippen molar-refractivity contribution in [2.24, 2.45) is 0 Å². The largest absolute Gasteiger partial charge is 0.466 e. The summed E-state index contributed by atoms with van der Waals surface area (Å²) in [5, 5.41) is 22.9. The first-order chi connectivity index (χ1) is 25.0. The minimum atomic E-state index is -0.861. The molecule has 0 aromatic carbocycles. The van der Waals surface area contributed by atoms with E-state index in [0.29, 0.717) is 19.4 Å². The molecule has 1 amide bonds. The molecular formula is C45H83NO5. The molecular weight excluding hydrogens is 634 g/mol. The number of ether oxygens (including phenoxy) is 1. The third-order valence-corrected chi connectivity index (χ3v) is 9.66. The van der Waals surface area contributed by atoms with Gasteiger partial charge in [-0.1, -0.05) is 179 Å². The Bertz CT molecular complexity index is 838. The highest BCUT2D eigenvalue weighted by atomic mass is 16.5. The van der Waals surface area contributed by atoms with Gasteiger partial charge in [-0.05, 0) is 57.8 Å². The molecule has 6 heteroatoms. The Balaban J connectivity index is 3.55. The Morgan fingerprint density at radius 2 is 1.00 bits per heavy atom. The van der Waals surface area contributed by atoms with Crippen molar-refractivity contribution in [2.75, 3.05) is 13.2 Å². The number of allylic oxidation sites excluding steroid dienone is 5. The highest BCUT2D eigenvalue weighted by Gasteiger charge is 2.18. The van der Waals surface area contributed by atoms with Crippen molar-refractivity contribution in [3.8, 4) is 0 Å². The molecule has 2 unspecified atom stereocenters. The van der Waals surface area contributed by atoms with Gasteiger partial charge in [0, 0.05) is 12.8 Å². The molecule has 0 fully saturated rings. The molecule has 0 aromatic heterocycles. The summed E-state index contributed by atoms with van der Waals surface area (Å²) < 4.78 is 5.42. The molecule has 0 aliphatic carbocycles. The number of amides is 1. The molecule has 0 heterocycles. The molecule has 2 atom stereocenters. The highest BCUT2D eigenvalue weighted by Crippen LogP contribution is 2.13. The van der Waals surface area contributed by atoms with E-state index >= 15 is 0 Å². The Kier molecular flexibility index (Phi) is 39.3. The normalized spacial score (nSPS) is 13.1. The second kappa shape index (κ2) is 40.8. The summed E-state index contributed by atoms with van der Waals surface area (Å²) in [4.78, 5) is 24.3. The number of rotatable bonds is 39. The van der Waals surface area contributed by atoms with E-state index in [0.717, 1.165) is 70.6 Å². The van der Waals surface area contributed by atoms with Gasteiger partial charge in [0.05, 0.1) is 25.4 Å². The van der Waals surface area contributed by atoms with Crippen LogP contribution in [0.5, 0.6) is 0 Å². The lowest BCUT2D eigenvalue weighted by Gasteiger charge is -2.20. The predicted molar refractivity (Wildman–Crippen MR) is 218 cm³/mol. The summed E-state index contributed by atoms with van der Waals surface area (Å²) in [7, 11) is 0. The molecule has 51 heavy (non-hydrogen) atoms. The lowest BCUT2D eigenvalue weighted by molar-refractivity contribution is -0.143. The molecule has 0 aliphatic heterocycles. The van der Waals surface area contributed by atoms with E-state index in [9.17, 15) is 19.8 Å². The van der Waals surface area contributed by atoms with E-state index in [1.54, 1.807) is 6.08 Å². The van der Waals surface area contributed by atoms with E-state index < -0.39 is 12.1 Å². The maximum absolute atomic E-state index is 12.3. The van der Waals surface area contributed by atoms with Crippen LogP contribution in [0.1, 0.15) is 213 Å². The molecule has 0 spiro atoms. The maximum atomic E-state index is 12.3. The SMILES string of the molecule is CCCC/C=C\C/C=C\CCCCCCCC(=O)OCCCCCCCCCCCC(=O)NC(CO)C(O)/C=C/CCCCCCCCCCC. The fraction of sp³-hybridized carbons (Fsp3) is 0.822. The molecule has 298 valence electrons. The third-order valence-electron chi connectivity index (χ3n) is 9.66. The highest BCUT2D eigenvalue weighted by molar-refractivity contribution is 5.76. The molecule has 0 aromatic rings. The van der Waals surface area contributed by atoms with E-state index in [1.807, 2.05) is 6.08 Å². The summed E-state index contributed by atoms with van der Waals surface area (Å²) in [6.45, 7) is 4.75. The molecule has 0 aliphatic rings. The van der Waals surface area contributed by atoms with E-state index in [1.165, 1.54) is 116 Å². The van der Waals surface area contributed by atoms with Crippen LogP contribution in [-0.2, 0) is 14.3 Å². The van der Waals surface area contributed by atoms with Crippen molar-refractivity contribution >= 4 is 11.9 Å².